The molecule has 0 aliphatic heterocycles. The van der Waals surface area contributed by atoms with Gasteiger partial charge in [-0.15, -0.1) is 0 Å². The van der Waals surface area contributed by atoms with Crippen molar-refractivity contribution >= 4 is 11.9 Å². The van der Waals surface area contributed by atoms with Gasteiger partial charge in [0.25, 0.3) is 0 Å². The van der Waals surface area contributed by atoms with Gasteiger partial charge in [0.1, 0.15) is 0 Å². The molecule has 0 aromatic heterocycles. The van der Waals surface area contributed by atoms with E-state index in [2.05, 4.69) is 0 Å². The van der Waals surface area contributed by atoms with E-state index >= 15 is 0 Å². The van der Waals surface area contributed by atoms with E-state index in [1.807, 2.05) is 0 Å². The number of rotatable bonds is 5. The highest BCUT2D eigenvalue weighted by Gasteiger charge is 2.40. The van der Waals surface area contributed by atoms with Gasteiger partial charge >= 0.3 is 12.1 Å². The fourth-order valence-corrected chi connectivity index (χ4v) is 3.43. The van der Waals surface area contributed by atoms with Crippen molar-refractivity contribution in [3.8, 4) is 0 Å². The summed E-state index contributed by atoms with van der Waals surface area (Å²) in [6, 6.07) is 4.99. The third-order valence-corrected chi connectivity index (χ3v) is 5.04. The van der Waals surface area contributed by atoms with Gasteiger partial charge in [-0.25, -0.2) is 0 Å². The molecule has 0 saturated heterocycles. The number of carbonyl (C=O) groups is 2. The average molecular weight is 355 g/mol. The lowest BCUT2D eigenvalue weighted by Gasteiger charge is -2.26. The molecule has 7 heteroatoms. The molecule has 136 valence electrons. The first-order valence-corrected chi connectivity index (χ1v) is 8.45. The van der Waals surface area contributed by atoms with Crippen LogP contribution in [0.2, 0.25) is 0 Å². The number of carboxylic acid groups (broad SMARTS) is 1. The van der Waals surface area contributed by atoms with Crippen LogP contribution in [0.4, 0.5) is 13.2 Å². The number of hydrogen-bond acceptors (Lipinski definition) is 2. The Bertz CT molecular complexity index is 653. The Morgan fingerprint density at radius 3 is 2.12 bits per heavy atom. The average Bonchev–Trinajstić information content (AvgIpc) is 3.26. The molecule has 1 amide bonds. The van der Waals surface area contributed by atoms with Crippen LogP contribution in [0, 0.1) is 11.8 Å². The smallest absolute Gasteiger partial charge is 0.416 e. The largest absolute Gasteiger partial charge is 0.481 e. The van der Waals surface area contributed by atoms with E-state index < -0.39 is 23.6 Å². The molecule has 0 heterocycles. The minimum atomic E-state index is -4.37. The quantitative estimate of drug-likeness (QED) is 0.876. The number of halogens is 3. The van der Waals surface area contributed by atoms with Crippen molar-refractivity contribution < 1.29 is 27.9 Å². The highest BCUT2D eigenvalue weighted by molar-refractivity contribution is 5.81. The van der Waals surface area contributed by atoms with Crippen molar-refractivity contribution in [3.63, 3.8) is 0 Å². The summed E-state index contributed by atoms with van der Waals surface area (Å²) in [6.07, 6.45) is -1.18. The van der Waals surface area contributed by atoms with Crippen LogP contribution in [0.3, 0.4) is 0 Å². The van der Waals surface area contributed by atoms with E-state index in [1.165, 1.54) is 12.1 Å². The predicted octanol–water partition coefficient (Wildman–Crippen LogP) is 3.70. The molecule has 1 aromatic rings. The maximum absolute atomic E-state index is 12.8. The lowest BCUT2D eigenvalue weighted by molar-refractivity contribution is -0.142. The molecule has 2 aliphatic rings. The molecular formula is C18H20F3NO3. The number of amides is 1. The van der Waals surface area contributed by atoms with Gasteiger partial charge in [-0.2, -0.15) is 13.2 Å². The van der Waals surface area contributed by atoms with Gasteiger partial charge in [0, 0.05) is 18.5 Å². The molecule has 0 bridgehead atoms. The van der Waals surface area contributed by atoms with E-state index in [0.29, 0.717) is 24.8 Å². The normalized spacial score (nSPS) is 23.5. The first kappa shape index (κ1) is 17.8. The molecule has 25 heavy (non-hydrogen) atoms. The van der Waals surface area contributed by atoms with Crippen LogP contribution < -0.4 is 0 Å². The first-order valence-electron chi connectivity index (χ1n) is 8.45. The second kappa shape index (κ2) is 6.69. The SMILES string of the molecule is O=C(O)[C@@H]1CC[C@H](C(=O)N(Cc2ccc(C(F)(F)F)cc2)C2CC2)C1. The van der Waals surface area contributed by atoms with Crippen molar-refractivity contribution in [2.75, 3.05) is 0 Å². The molecule has 2 aliphatic carbocycles. The van der Waals surface area contributed by atoms with Crippen molar-refractivity contribution in [1.82, 2.24) is 4.90 Å². The van der Waals surface area contributed by atoms with Gasteiger partial charge in [0.15, 0.2) is 0 Å². The molecule has 1 aromatic carbocycles. The summed E-state index contributed by atoms with van der Waals surface area (Å²) >= 11 is 0. The van der Waals surface area contributed by atoms with E-state index in [1.54, 1.807) is 4.90 Å². The zero-order valence-corrected chi connectivity index (χ0v) is 13.6. The highest BCUT2D eigenvalue weighted by atomic mass is 19.4. The third-order valence-electron chi connectivity index (χ3n) is 5.04. The maximum Gasteiger partial charge on any atom is 0.416 e. The zero-order valence-electron chi connectivity index (χ0n) is 13.6. The Hall–Kier alpha value is -2.05. The van der Waals surface area contributed by atoms with Crippen LogP contribution >= 0.6 is 0 Å². The molecule has 1 N–H and O–H groups in total. The number of carboxylic acids is 1. The van der Waals surface area contributed by atoms with Crippen LogP contribution in [0.1, 0.15) is 43.2 Å². The van der Waals surface area contributed by atoms with Crippen molar-refractivity contribution in [3.05, 3.63) is 35.4 Å². The second-order valence-corrected chi connectivity index (χ2v) is 6.94. The Labute approximate surface area is 143 Å². The molecule has 4 nitrogen and oxygen atoms in total. The van der Waals surface area contributed by atoms with E-state index in [4.69, 9.17) is 5.11 Å². The fraction of sp³-hybridized carbons (Fsp3) is 0.556. The predicted molar refractivity (Wildman–Crippen MR) is 83.5 cm³/mol. The Balaban J connectivity index is 1.68. The fourth-order valence-electron chi connectivity index (χ4n) is 3.43. The van der Waals surface area contributed by atoms with Crippen molar-refractivity contribution in [2.45, 2.75) is 50.9 Å². The van der Waals surface area contributed by atoms with Crippen LogP contribution in [-0.4, -0.2) is 27.9 Å². The molecule has 0 radical (unpaired) electrons. The lowest BCUT2D eigenvalue weighted by Crippen LogP contribution is -2.36. The van der Waals surface area contributed by atoms with Gasteiger partial charge in [-0.3, -0.25) is 9.59 Å². The molecule has 2 atom stereocenters. The molecule has 3 rings (SSSR count). The molecular weight excluding hydrogens is 335 g/mol. The van der Waals surface area contributed by atoms with Crippen molar-refractivity contribution in [1.29, 1.82) is 0 Å². The van der Waals surface area contributed by atoms with Gasteiger partial charge in [0.05, 0.1) is 11.5 Å². The topological polar surface area (TPSA) is 57.6 Å². The summed E-state index contributed by atoms with van der Waals surface area (Å²) < 4.78 is 37.9. The van der Waals surface area contributed by atoms with Gasteiger partial charge in [-0.05, 0) is 49.8 Å². The summed E-state index contributed by atoms with van der Waals surface area (Å²) in [6.45, 7) is 0.274. The Morgan fingerprint density at radius 1 is 1.04 bits per heavy atom. The minimum Gasteiger partial charge on any atom is -0.481 e. The monoisotopic (exact) mass is 355 g/mol. The standard InChI is InChI=1S/C18H20F3NO3/c19-18(20,21)14-5-1-11(2-6-14)10-22(15-7-8-15)16(23)12-3-4-13(9-12)17(24)25/h1-2,5-6,12-13,15H,3-4,7-10H2,(H,24,25)/t12-,13+/m0/s1. The lowest BCUT2D eigenvalue weighted by atomic mass is 10.0. The Morgan fingerprint density at radius 2 is 1.64 bits per heavy atom. The van der Waals surface area contributed by atoms with Crippen LogP contribution in [0.15, 0.2) is 24.3 Å². The maximum atomic E-state index is 12.8. The first-order chi connectivity index (χ1) is 11.8. The number of aliphatic carboxylic acids is 1. The van der Waals surface area contributed by atoms with Gasteiger partial charge < -0.3 is 10.0 Å². The highest BCUT2D eigenvalue weighted by Crippen LogP contribution is 2.37. The second-order valence-electron chi connectivity index (χ2n) is 6.94. The third kappa shape index (κ3) is 4.14. The molecule has 2 fully saturated rings. The van der Waals surface area contributed by atoms with Crippen LogP contribution in [-0.2, 0) is 22.3 Å². The zero-order chi connectivity index (χ0) is 18.2. The summed E-state index contributed by atoms with van der Waals surface area (Å²) in [5.41, 5.74) is -0.0540. The van der Waals surface area contributed by atoms with Crippen LogP contribution in [0.5, 0.6) is 0 Å². The number of benzene rings is 1. The Kier molecular flexibility index (Phi) is 4.75. The van der Waals surface area contributed by atoms with Gasteiger partial charge in [0.2, 0.25) is 5.91 Å². The minimum absolute atomic E-state index is 0.0638. The summed E-state index contributed by atoms with van der Waals surface area (Å²) in [5.74, 6) is -1.70. The van der Waals surface area contributed by atoms with Crippen LogP contribution in [0.25, 0.3) is 0 Å². The summed E-state index contributed by atoms with van der Waals surface area (Å²) in [7, 11) is 0. The van der Waals surface area contributed by atoms with E-state index in [-0.39, 0.29) is 24.4 Å². The number of hydrogen-bond donors (Lipinski definition) is 1. The molecule has 0 spiro atoms. The summed E-state index contributed by atoms with van der Waals surface area (Å²) in [4.78, 5) is 25.6. The number of nitrogens with zero attached hydrogens (tertiary/aromatic N) is 1. The van der Waals surface area contributed by atoms with Crippen molar-refractivity contribution in [2.24, 2.45) is 11.8 Å². The number of alkyl halides is 3. The number of carbonyl (C=O) groups excluding carboxylic acids is 1. The van der Waals surface area contributed by atoms with Gasteiger partial charge in [-0.1, -0.05) is 12.1 Å². The molecule has 2 saturated carbocycles. The summed E-state index contributed by atoms with van der Waals surface area (Å²) in [5, 5.41) is 9.08. The van der Waals surface area contributed by atoms with E-state index in [9.17, 15) is 22.8 Å². The van der Waals surface area contributed by atoms with E-state index in [0.717, 1.165) is 25.0 Å². The molecule has 0 unspecified atom stereocenters.